The minimum absolute atomic E-state index is 0.270. The van der Waals surface area contributed by atoms with Crippen LogP contribution >= 0.6 is 0 Å². The number of likely N-dealkylation sites (tertiary alicyclic amines) is 1. The van der Waals surface area contributed by atoms with Crippen LogP contribution in [0.2, 0.25) is 0 Å². The van der Waals surface area contributed by atoms with Crippen molar-refractivity contribution in [2.75, 3.05) is 6.54 Å². The Labute approximate surface area is 102 Å². The van der Waals surface area contributed by atoms with Gasteiger partial charge in [0.05, 0.1) is 5.56 Å². The average molecular weight is 255 g/mol. The van der Waals surface area contributed by atoms with E-state index in [4.69, 9.17) is 5.11 Å². The lowest BCUT2D eigenvalue weighted by Crippen LogP contribution is -2.40. The number of carboxylic acid groups (broad SMARTS) is 1. The van der Waals surface area contributed by atoms with Crippen molar-refractivity contribution in [1.82, 2.24) is 4.90 Å². The lowest BCUT2D eigenvalue weighted by Gasteiger charge is -2.21. The molecule has 4 nitrogen and oxygen atoms in total. The lowest BCUT2D eigenvalue weighted by atomic mass is 10.1. The van der Waals surface area contributed by atoms with Crippen LogP contribution in [0.1, 0.15) is 23.2 Å². The highest BCUT2D eigenvalue weighted by atomic mass is 19.1. The first kappa shape index (κ1) is 12.5. The van der Waals surface area contributed by atoms with Crippen molar-refractivity contribution >= 4 is 11.9 Å². The zero-order chi connectivity index (χ0) is 13.3. The van der Waals surface area contributed by atoms with E-state index >= 15 is 0 Å². The number of carboxylic acids is 1. The fourth-order valence-corrected chi connectivity index (χ4v) is 2.08. The predicted octanol–water partition coefficient (Wildman–Crippen LogP) is 1.65. The Kier molecular flexibility index (Phi) is 3.27. The summed E-state index contributed by atoms with van der Waals surface area (Å²) in [6, 6.07) is 1.69. The van der Waals surface area contributed by atoms with Crippen LogP contribution in [0.25, 0.3) is 0 Å². The van der Waals surface area contributed by atoms with E-state index in [1.807, 2.05) is 0 Å². The first-order valence-electron chi connectivity index (χ1n) is 5.49. The molecule has 0 unspecified atom stereocenters. The molecule has 1 aromatic rings. The minimum Gasteiger partial charge on any atom is -0.480 e. The molecule has 1 N–H and O–H groups in total. The first-order valence-corrected chi connectivity index (χ1v) is 5.49. The van der Waals surface area contributed by atoms with Gasteiger partial charge in [0.2, 0.25) is 0 Å². The van der Waals surface area contributed by atoms with Crippen molar-refractivity contribution in [2.45, 2.75) is 18.9 Å². The number of hydrogen-bond donors (Lipinski definition) is 1. The molecule has 0 aliphatic carbocycles. The molecule has 1 aliphatic rings. The fourth-order valence-electron chi connectivity index (χ4n) is 2.08. The average Bonchev–Trinajstić information content (AvgIpc) is 2.77. The SMILES string of the molecule is O=C(O)[C@@H]1CCCN1C(=O)c1ccc(F)cc1F. The summed E-state index contributed by atoms with van der Waals surface area (Å²) < 4.78 is 26.2. The van der Waals surface area contributed by atoms with Crippen LogP contribution < -0.4 is 0 Å². The standard InChI is InChI=1S/C12H11F2NO3/c13-7-3-4-8(9(14)6-7)11(16)15-5-1-2-10(15)12(17)18/h3-4,6,10H,1-2,5H2,(H,17,18)/t10-/m0/s1. The summed E-state index contributed by atoms with van der Waals surface area (Å²) in [5, 5.41) is 8.95. The molecule has 0 bridgehead atoms. The van der Waals surface area contributed by atoms with Gasteiger partial charge in [0.25, 0.3) is 5.91 Å². The summed E-state index contributed by atoms with van der Waals surface area (Å²) in [5.74, 6) is -3.57. The van der Waals surface area contributed by atoms with E-state index in [1.165, 1.54) is 0 Å². The summed E-state index contributed by atoms with van der Waals surface area (Å²) in [6.07, 6.45) is 0.912. The van der Waals surface area contributed by atoms with Crippen LogP contribution in [0, 0.1) is 11.6 Å². The van der Waals surface area contributed by atoms with Crippen LogP contribution in [0.5, 0.6) is 0 Å². The molecule has 1 heterocycles. The Balaban J connectivity index is 2.28. The van der Waals surface area contributed by atoms with Gasteiger partial charge in [-0.3, -0.25) is 4.79 Å². The van der Waals surface area contributed by atoms with E-state index in [0.717, 1.165) is 17.0 Å². The molecule has 6 heteroatoms. The second kappa shape index (κ2) is 4.72. The maximum absolute atomic E-state index is 13.4. The molecule has 2 rings (SSSR count). The van der Waals surface area contributed by atoms with Gasteiger partial charge in [-0.1, -0.05) is 0 Å². The molecule has 0 radical (unpaired) electrons. The number of hydrogen-bond acceptors (Lipinski definition) is 2. The Morgan fingerprint density at radius 2 is 2.06 bits per heavy atom. The van der Waals surface area contributed by atoms with Crippen LogP contribution in [0.4, 0.5) is 8.78 Å². The summed E-state index contributed by atoms with van der Waals surface area (Å²) in [7, 11) is 0. The number of nitrogens with zero attached hydrogens (tertiary/aromatic N) is 1. The monoisotopic (exact) mass is 255 g/mol. The van der Waals surface area contributed by atoms with E-state index in [0.29, 0.717) is 18.9 Å². The van der Waals surface area contributed by atoms with Gasteiger partial charge in [0, 0.05) is 12.6 Å². The topological polar surface area (TPSA) is 57.6 Å². The number of amides is 1. The predicted molar refractivity (Wildman–Crippen MR) is 58.1 cm³/mol. The highest BCUT2D eigenvalue weighted by molar-refractivity contribution is 5.97. The Bertz CT molecular complexity index is 504. The molecular weight excluding hydrogens is 244 g/mol. The molecule has 1 fully saturated rings. The molecule has 0 saturated carbocycles. The highest BCUT2D eigenvalue weighted by Crippen LogP contribution is 2.21. The van der Waals surface area contributed by atoms with Gasteiger partial charge >= 0.3 is 5.97 Å². The molecule has 1 atom stereocenters. The van der Waals surface area contributed by atoms with Crippen molar-refractivity contribution in [1.29, 1.82) is 0 Å². The van der Waals surface area contributed by atoms with Crippen molar-refractivity contribution in [2.24, 2.45) is 0 Å². The second-order valence-corrected chi connectivity index (χ2v) is 4.12. The minimum atomic E-state index is -1.11. The normalized spacial score (nSPS) is 19.0. The van der Waals surface area contributed by atoms with Crippen LogP contribution in [0.3, 0.4) is 0 Å². The van der Waals surface area contributed by atoms with Gasteiger partial charge in [-0.15, -0.1) is 0 Å². The van der Waals surface area contributed by atoms with E-state index in [1.54, 1.807) is 0 Å². The van der Waals surface area contributed by atoms with Crippen LogP contribution in [-0.4, -0.2) is 34.5 Å². The maximum Gasteiger partial charge on any atom is 0.326 e. The summed E-state index contributed by atoms with van der Waals surface area (Å²) in [6.45, 7) is 0.270. The van der Waals surface area contributed by atoms with Crippen molar-refractivity contribution in [3.05, 3.63) is 35.4 Å². The number of aliphatic carboxylic acids is 1. The van der Waals surface area contributed by atoms with Crippen molar-refractivity contribution < 1.29 is 23.5 Å². The second-order valence-electron chi connectivity index (χ2n) is 4.12. The number of benzene rings is 1. The van der Waals surface area contributed by atoms with E-state index < -0.39 is 29.6 Å². The Morgan fingerprint density at radius 3 is 2.67 bits per heavy atom. The molecular formula is C12H11F2NO3. The number of carbonyl (C=O) groups excluding carboxylic acids is 1. The van der Waals surface area contributed by atoms with E-state index in [-0.39, 0.29) is 12.1 Å². The molecule has 96 valence electrons. The third-order valence-electron chi connectivity index (χ3n) is 2.96. The molecule has 0 aromatic heterocycles. The van der Waals surface area contributed by atoms with Gasteiger partial charge in [-0.2, -0.15) is 0 Å². The van der Waals surface area contributed by atoms with Crippen molar-refractivity contribution in [3.63, 3.8) is 0 Å². The Hall–Kier alpha value is -1.98. The molecule has 1 aromatic carbocycles. The zero-order valence-electron chi connectivity index (χ0n) is 9.40. The van der Waals surface area contributed by atoms with Gasteiger partial charge in [-0.05, 0) is 25.0 Å². The number of halogens is 2. The molecule has 1 saturated heterocycles. The first-order chi connectivity index (χ1) is 8.50. The summed E-state index contributed by atoms with van der Waals surface area (Å²) >= 11 is 0. The van der Waals surface area contributed by atoms with Crippen LogP contribution in [-0.2, 0) is 4.79 Å². The Morgan fingerprint density at radius 1 is 1.33 bits per heavy atom. The van der Waals surface area contributed by atoms with E-state index in [2.05, 4.69) is 0 Å². The fraction of sp³-hybridized carbons (Fsp3) is 0.333. The maximum atomic E-state index is 13.4. The third kappa shape index (κ3) is 2.18. The summed E-state index contributed by atoms with van der Waals surface area (Å²) in [4.78, 5) is 24.0. The quantitative estimate of drug-likeness (QED) is 0.874. The smallest absolute Gasteiger partial charge is 0.326 e. The zero-order valence-corrected chi connectivity index (χ0v) is 9.40. The van der Waals surface area contributed by atoms with Crippen molar-refractivity contribution in [3.8, 4) is 0 Å². The van der Waals surface area contributed by atoms with Gasteiger partial charge in [0.15, 0.2) is 0 Å². The largest absolute Gasteiger partial charge is 0.480 e. The summed E-state index contributed by atoms with van der Waals surface area (Å²) in [5.41, 5.74) is -0.301. The third-order valence-corrected chi connectivity index (χ3v) is 2.96. The van der Waals surface area contributed by atoms with E-state index in [9.17, 15) is 18.4 Å². The molecule has 0 spiro atoms. The highest BCUT2D eigenvalue weighted by Gasteiger charge is 2.35. The number of carbonyl (C=O) groups is 2. The number of rotatable bonds is 2. The molecule has 1 aliphatic heterocycles. The molecule has 1 amide bonds. The molecule has 18 heavy (non-hydrogen) atoms. The van der Waals surface area contributed by atoms with Gasteiger partial charge < -0.3 is 10.0 Å². The van der Waals surface area contributed by atoms with Crippen LogP contribution in [0.15, 0.2) is 18.2 Å². The van der Waals surface area contributed by atoms with Gasteiger partial charge in [-0.25, -0.2) is 13.6 Å². The van der Waals surface area contributed by atoms with Gasteiger partial charge in [0.1, 0.15) is 17.7 Å². The lowest BCUT2D eigenvalue weighted by molar-refractivity contribution is -0.141.